The van der Waals surface area contributed by atoms with Crippen molar-refractivity contribution in [3.63, 3.8) is 0 Å². The van der Waals surface area contributed by atoms with E-state index in [4.69, 9.17) is 0 Å². The predicted molar refractivity (Wildman–Crippen MR) is 57.0 cm³/mol. The molecule has 0 N–H and O–H groups in total. The number of carbonyl (C=O) groups is 1. The van der Waals surface area contributed by atoms with E-state index in [1.165, 1.54) is 12.1 Å². The van der Waals surface area contributed by atoms with E-state index in [-0.39, 0.29) is 18.1 Å². The molecule has 0 aromatic heterocycles. The van der Waals surface area contributed by atoms with E-state index in [1.807, 2.05) is 0 Å². The highest BCUT2D eigenvalue weighted by molar-refractivity contribution is 5.83. The highest BCUT2D eigenvalue weighted by Gasteiger charge is 2.23. The van der Waals surface area contributed by atoms with Gasteiger partial charge in [-0.2, -0.15) is 0 Å². The first kappa shape index (κ1) is 11.2. The van der Waals surface area contributed by atoms with Crippen molar-refractivity contribution in [2.24, 2.45) is 5.92 Å². The number of benzene rings is 1. The minimum atomic E-state index is -0.619. The molecule has 1 fully saturated rings. The lowest BCUT2D eigenvalue weighted by molar-refractivity contribution is -0.122. The van der Waals surface area contributed by atoms with Crippen LogP contribution < -0.4 is 0 Å². The standard InChI is InChI=1S/C13H14F2O/c14-11-6-5-10(12(15)8-11)7-13(16)9-3-1-2-4-9/h5-6,8-9H,1-4,7H2. The summed E-state index contributed by atoms with van der Waals surface area (Å²) < 4.78 is 26.0. The van der Waals surface area contributed by atoms with Gasteiger partial charge in [0.2, 0.25) is 0 Å². The summed E-state index contributed by atoms with van der Waals surface area (Å²) in [7, 11) is 0. The van der Waals surface area contributed by atoms with Crippen molar-refractivity contribution >= 4 is 5.78 Å². The molecule has 1 aromatic carbocycles. The predicted octanol–water partition coefficient (Wildman–Crippen LogP) is 3.27. The molecule has 0 bridgehead atoms. The van der Waals surface area contributed by atoms with Crippen molar-refractivity contribution in [2.75, 3.05) is 0 Å². The Morgan fingerprint density at radius 1 is 1.25 bits per heavy atom. The van der Waals surface area contributed by atoms with Crippen LogP contribution in [0.2, 0.25) is 0 Å². The maximum atomic E-state index is 13.3. The molecule has 1 aromatic rings. The van der Waals surface area contributed by atoms with E-state index in [2.05, 4.69) is 0 Å². The van der Waals surface area contributed by atoms with E-state index in [9.17, 15) is 13.6 Å². The lowest BCUT2D eigenvalue weighted by atomic mass is 9.96. The van der Waals surface area contributed by atoms with Crippen LogP contribution >= 0.6 is 0 Å². The molecule has 0 spiro atoms. The van der Waals surface area contributed by atoms with Crippen LogP contribution in [0.15, 0.2) is 18.2 Å². The van der Waals surface area contributed by atoms with Crippen LogP contribution in [0.5, 0.6) is 0 Å². The average Bonchev–Trinajstić information content (AvgIpc) is 2.75. The van der Waals surface area contributed by atoms with Gasteiger partial charge in [-0.15, -0.1) is 0 Å². The Kier molecular flexibility index (Phi) is 3.32. The largest absolute Gasteiger partial charge is 0.299 e. The Morgan fingerprint density at radius 3 is 2.56 bits per heavy atom. The number of hydrogen-bond acceptors (Lipinski definition) is 1. The molecule has 1 saturated carbocycles. The molecule has 0 radical (unpaired) electrons. The highest BCUT2D eigenvalue weighted by atomic mass is 19.1. The molecule has 2 rings (SSSR count). The molecule has 1 nitrogen and oxygen atoms in total. The third-order valence-electron chi connectivity index (χ3n) is 3.19. The van der Waals surface area contributed by atoms with Gasteiger partial charge in [-0.25, -0.2) is 8.78 Å². The molecule has 3 heteroatoms. The molecule has 86 valence electrons. The van der Waals surface area contributed by atoms with Crippen molar-refractivity contribution in [2.45, 2.75) is 32.1 Å². The molecule has 0 aliphatic heterocycles. The quantitative estimate of drug-likeness (QED) is 0.770. The zero-order valence-corrected chi connectivity index (χ0v) is 9.01. The topological polar surface area (TPSA) is 17.1 Å². The Labute approximate surface area is 93.5 Å². The van der Waals surface area contributed by atoms with Gasteiger partial charge < -0.3 is 0 Å². The van der Waals surface area contributed by atoms with Gasteiger partial charge in [0, 0.05) is 18.4 Å². The lowest BCUT2D eigenvalue weighted by Gasteiger charge is -2.08. The fourth-order valence-corrected chi connectivity index (χ4v) is 2.24. The third kappa shape index (κ3) is 2.46. The zero-order valence-electron chi connectivity index (χ0n) is 9.01. The van der Waals surface area contributed by atoms with Crippen molar-refractivity contribution in [3.8, 4) is 0 Å². The van der Waals surface area contributed by atoms with Gasteiger partial charge in [0.1, 0.15) is 17.4 Å². The number of halogens is 2. The van der Waals surface area contributed by atoms with Crippen molar-refractivity contribution in [1.82, 2.24) is 0 Å². The van der Waals surface area contributed by atoms with E-state index in [1.54, 1.807) is 0 Å². The Bertz CT molecular complexity index is 395. The van der Waals surface area contributed by atoms with Gasteiger partial charge >= 0.3 is 0 Å². The summed E-state index contributed by atoms with van der Waals surface area (Å²) in [5, 5.41) is 0. The summed E-state index contributed by atoms with van der Waals surface area (Å²) in [5.41, 5.74) is 0.304. The van der Waals surface area contributed by atoms with Crippen LogP contribution in [-0.2, 0) is 11.2 Å². The van der Waals surface area contributed by atoms with Crippen molar-refractivity contribution in [1.29, 1.82) is 0 Å². The van der Waals surface area contributed by atoms with Crippen LogP contribution in [0.1, 0.15) is 31.2 Å². The first-order valence-electron chi connectivity index (χ1n) is 5.63. The zero-order chi connectivity index (χ0) is 11.5. The van der Waals surface area contributed by atoms with Gasteiger partial charge in [0.05, 0.1) is 0 Å². The lowest BCUT2D eigenvalue weighted by Crippen LogP contribution is -2.14. The Balaban J connectivity index is 2.05. The van der Waals surface area contributed by atoms with Crippen LogP contribution in [0.3, 0.4) is 0 Å². The molecule has 1 aliphatic rings. The van der Waals surface area contributed by atoms with Crippen LogP contribution in [-0.4, -0.2) is 5.78 Å². The molecule has 0 atom stereocenters. The summed E-state index contributed by atoms with van der Waals surface area (Å²) in [5.74, 6) is -1.05. The first-order chi connectivity index (χ1) is 7.66. The number of rotatable bonds is 3. The maximum absolute atomic E-state index is 13.3. The van der Waals surface area contributed by atoms with E-state index in [0.717, 1.165) is 31.7 Å². The molecular formula is C13H14F2O. The second-order valence-electron chi connectivity index (χ2n) is 4.36. The smallest absolute Gasteiger partial charge is 0.140 e. The van der Waals surface area contributed by atoms with E-state index in [0.29, 0.717) is 5.56 Å². The number of Topliss-reactive ketones (excluding diaryl/α,β-unsaturated/α-hetero) is 1. The summed E-state index contributed by atoms with van der Waals surface area (Å²) >= 11 is 0. The number of hydrogen-bond donors (Lipinski definition) is 0. The van der Waals surface area contributed by atoms with Gasteiger partial charge in [-0.05, 0) is 24.5 Å². The molecule has 0 saturated heterocycles. The highest BCUT2D eigenvalue weighted by Crippen LogP contribution is 2.26. The van der Waals surface area contributed by atoms with Crippen LogP contribution in [0.25, 0.3) is 0 Å². The number of ketones is 1. The average molecular weight is 224 g/mol. The summed E-state index contributed by atoms with van der Waals surface area (Å²) in [6.07, 6.45) is 4.10. The Hall–Kier alpha value is -1.25. The SMILES string of the molecule is O=C(Cc1ccc(F)cc1F)C1CCCC1. The van der Waals surface area contributed by atoms with E-state index < -0.39 is 11.6 Å². The van der Waals surface area contributed by atoms with Crippen LogP contribution in [0.4, 0.5) is 8.78 Å². The molecule has 0 unspecified atom stereocenters. The first-order valence-corrected chi connectivity index (χ1v) is 5.63. The van der Waals surface area contributed by atoms with Gasteiger partial charge in [0.25, 0.3) is 0 Å². The van der Waals surface area contributed by atoms with Crippen LogP contribution in [0, 0.1) is 17.6 Å². The van der Waals surface area contributed by atoms with Gasteiger partial charge in [-0.1, -0.05) is 18.9 Å². The fraction of sp³-hybridized carbons (Fsp3) is 0.462. The molecule has 1 aliphatic carbocycles. The molecule has 16 heavy (non-hydrogen) atoms. The summed E-state index contributed by atoms with van der Waals surface area (Å²) in [6.45, 7) is 0. The van der Waals surface area contributed by atoms with E-state index >= 15 is 0 Å². The fourth-order valence-electron chi connectivity index (χ4n) is 2.24. The summed E-state index contributed by atoms with van der Waals surface area (Å²) in [6, 6.07) is 3.38. The van der Waals surface area contributed by atoms with Crippen molar-refractivity contribution < 1.29 is 13.6 Å². The molecule has 0 amide bonds. The third-order valence-corrected chi connectivity index (χ3v) is 3.19. The van der Waals surface area contributed by atoms with Crippen molar-refractivity contribution in [3.05, 3.63) is 35.4 Å². The second kappa shape index (κ2) is 4.73. The summed E-state index contributed by atoms with van der Waals surface area (Å²) in [4.78, 5) is 11.8. The second-order valence-corrected chi connectivity index (χ2v) is 4.36. The molecule has 0 heterocycles. The minimum absolute atomic E-state index is 0.0861. The Morgan fingerprint density at radius 2 is 1.94 bits per heavy atom. The van der Waals surface area contributed by atoms with Gasteiger partial charge in [-0.3, -0.25) is 4.79 Å². The monoisotopic (exact) mass is 224 g/mol. The number of carbonyl (C=O) groups excluding carboxylic acids is 1. The molecular weight excluding hydrogens is 210 g/mol. The normalized spacial score (nSPS) is 16.6. The van der Waals surface area contributed by atoms with Gasteiger partial charge in [0.15, 0.2) is 0 Å². The maximum Gasteiger partial charge on any atom is 0.140 e. The minimum Gasteiger partial charge on any atom is -0.299 e.